The maximum atomic E-state index is 15.0. The number of aromatic carboxylic acids is 2. The van der Waals surface area contributed by atoms with E-state index in [0.717, 1.165) is 42.5 Å². The Morgan fingerprint density at radius 3 is 1.36 bits per heavy atom. The van der Waals surface area contributed by atoms with E-state index in [1.54, 1.807) is 5.32 Å². The molecule has 0 unspecified atom stereocenters. The Hall–Kier alpha value is -8.90. The molecular weight excluding hydrogens is 902 g/mol. The molecule has 0 aliphatic carbocycles. The molecule has 0 atom stereocenters. The van der Waals surface area contributed by atoms with Crippen molar-refractivity contribution in [3.8, 4) is 23.0 Å². The van der Waals surface area contributed by atoms with Crippen LogP contribution in [-0.4, -0.2) is 104 Å². The van der Waals surface area contributed by atoms with Gasteiger partial charge in [0.15, 0.2) is 0 Å². The number of hydrogen-bond acceptors (Lipinski definition) is 11. The fourth-order valence-electron chi connectivity index (χ4n) is 5.95. The van der Waals surface area contributed by atoms with Gasteiger partial charge in [0.2, 0.25) is 17.2 Å². The van der Waals surface area contributed by atoms with E-state index in [2.05, 4.69) is 10.6 Å². The lowest BCUT2D eigenvalue weighted by Crippen LogP contribution is -2.54. The van der Waals surface area contributed by atoms with Crippen molar-refractivity contribution < 1.29 is 100 Å². The van der Waals surface area contributed by atoms with Gasteiger partial charge in [-0.15, -0.1) is 0 Å². The molecule has 4 aromatic carbocycles. The van der Waals surface area contributed by atoms with E-state index in [-0.39, 0.29) is 54.9 Å². The van der Waals surface area contributed by atoms with Crippen molar-refractivity contribution in [2.45, 2.75) is 17.8 Å². The summed E-state index contributed by atoms with van der Waals surface area (Å²) in [5.41, 5.74) is -13.2. The first-order valence-electron chi connectivity index (χ1n) is 18.0. The molecule has 0 spiro atoms. The number of carboxylic acid groups (broad SMARTS) is 4. The highest BCUT2D eigenvalue weighted by Gasteiger charge is 2.72. The summed E-state index contributed by atoms with van der Waals surface area (Å²) in [5.74, 6) is -13.9. The number of anilines is 2. The summed E-state index contributed by atoms with van der Waals surface area (Å²) in [6.07, 6.45) is -10.7. The zero-order valence-electron chi connectivity index (χ0n) is 32.8. The number of rotatable bonds is 17. The molecule has 0 fully saturated rings. The van der Waals surface area contributed by atoms with Crippen LogP contribution in [0.2, 0.25) is 0 Å². The summed E-state index contributed by atoms with van der Waals surface area (Å²) in [7, 11) is 0. The smallest absolute Gasteiger partial charge is 0.411 e. The molecule has 0 aliphatic heterocycles. The van der Waals surface area contributed by atoms with Crippen LogP contribution in [0.1, 0.15) is 52.6 Å². The topological polar surface area (TPSA) is 315 Å². The molecule has 0 saturated carbocycles. The highest BCUT2D eigenvalue weighted by atomic mass is 19.4. The molecule has 0 heterocycles. The van der Waals surface area contributed by atoms with Gasteiger partial charge in [-0.2, -0.15) is 26.3 Å². The second-order valence-corrected chi connectivity index (χ2v) is 13.2. The van der Waals surface area contributed by atoms with Crippen molar-refractivity contribution in [2.75, 3.05) is 23.7 Å². The number of benzene rings is 4. The van der Waals surface area contributed by atoms with E-state index in [0.29, 0.717) is 24.3 Å². The van der Waals surface area contributed by atoms with Crippen LogP contribution in [0.15, 0.2) is 97.1 Å². The number of nitrogens with one attached hydrogen (secondary N) is 4. The van der Waals surface area contributed by atoms with Crippen molar-refractivity contribution in [1.82, 2.24) is 10.6 Å². The molecule has 66 heavy (non-hydrogen) atoms. The Balaban J connectivity index is 1.65. The molecule has 19 nitrogen and oxygen atoms in total. The number of carbonyl (C=O) groups excluding carboxylic acids is 4. The van der Waals surface area contributed by atoms with Gasteiger partial charge >= 0.3 is 36.2 Å². The van der Waals surface area contributed by atoms with Gasteiger partial charge in [0.05, 0.1) is 33.6 Å². The van der Waals surface area contributed by atoms with E-state index in [9.17, 15) is 58.8 Å². The lowest BCUT2D eigenvalue weighted by Gasteiger charge is -2.38. The van der Waals surface area contributed by atoms with Crippen LogP contribution < -0.4 is 26.0 Å². The van der Waals surface area contributed by atoms with E-state index in [1.165, 1.54) is 0 Å². The minimum absolute atomic E-state index is 0.0946. The summed E-state index contributed by atoms with van der Waals surface area (Å²) >= 11 is 0. The molecule has 25 heteroatoms. The summed E-state index contributed by atoms with van der Waals surface area (Å²) in [6, 6.07) is 6.82. The monoisotopic (exact) mass is 932 g/mol. The Morgan fingerprint density at radius 1 is 0.500 bits per heavy atom. The molecule has 4 rings (SSSR count). The zero-order valence-corrected chi connectivity index (χ0v) is 32.8. The normalized spacial score (nSPS) is 11.7. The standard InChI is InChI=1S/C41H30F6N4O15/c42-40(43,44)39(41(45,46)47,19-1-7-29(52)27(15-19)50-32(55)10-12-34(58)59)20-2-8-30(53)28(16-20)51-36(61)24-6-4-22(18-26(24)38(64)65)66-21-3-5-23(25(17-21)37(62)63)35(60)49-14-13-48-31(54)9-11-33(56)57/h1-12,15-18,52-53H,13-14H2,(H,48,54)(H,49,60)(H,50,55)(H,51,61)(H,56,57)(H,58,59)(H,62,63)(H,64,65)/b11-9-,12-10-. The minimum atomic E-state index is -6.31. The third-order valence-corrected chi connectivity index (χ3v) is 8.85. The molecule has 4 aromatic rings. The molecule has 0 aromatic heterocycles. The zero-order chi connectivity index (χ0) is 49.3. The molecule has 4 amide bonds. The summed E-state index contributed by atoms with van der Waals surface area (Å²) in [4.78, 5) is 95.4. The van der Waals surface area contributed by atoms with Crippen molar-refractivity contribution >= 4 is 58.9 Å². The van der Waals surface area contributed by atoms with Crippen LogP contribution in [-0.2, 0) is 24.6 Å². The number of aromatic hydroxyl groups is 2. The predicted octanol–water partition coefficient (Wildman–Crippen LogP) is 5.02. The van der Waals surface area contributed by atoms with E-state index >= 15 is 26.3 Å². The quantitative estimate of drug-likeness (QED) is 0.0288. The molecule has 0 aliphatic rings. The molecule has 0 saturated heterocycles. The SMILES string of the molecule is O=C(O)/C=C\C(=O)NCCNC(=O)c1ccc(Oc2ccc(C(=O)Nc3cc(C(c4ccc(O)c(NC(=O)/C=C\C(=O)O)c4)(C(F)(F)F)C(F)(F)F)ccc3O)c(C(=O)O)c2)cc1C(=O)O. The van der Waals surface area contributed by atoms with Crippen LogP contribution in [0.4, 0.5) is 37.7 Å². The number of carboxylic acids is 4. The lowest BCUT2D eigenvalue weighted by atomic mass is 9.72. The Labute approximate surface area is 364 Å². The van der Waals surface area contributed by atoms with Crippen LogP contribution in [0.5, 0.6) is 23.0 Å². The number of aliphatic carboxylic acids is 2. The molecule has 0 radical (unpaired) electrons. The molecular formula is C41H30F6N4O15. The average Bonchev–Trinajstić information content (AvgIpc) is 3.22. The van der Waals surface area contributed by atoms with Gasteiger partial charge < -0.3 is 56.6 Å². The van der Waals surface area contributed by atoms with Crippen molar-refractivity contribution in [2.24, 2.45) is 0 Å². The number of hydrogen-bond donors (Lipinski definition) is 10. The van der Waals surface area contributed by atoms with Gasteiger partial charge in [0.25, 0.3) is 11.8 Å². The predicted molar refractivity (Wildman–Crippen MR) is 211 cm³/mol. The second kappa shape index (κ2) is 20.1. The number of alkyl halides is 6. The number of halogens is 6. The number of ether oxygens (including phenoxy) is 1. The Morgan fingerprint density at radius 2 is 0.924 bits per heavy atom. The summed E-state index contributed by atoms with van der Waals surface area (Å²) in [6.45, 7) is -0.416. The largest absolute Gasteiger partial charge is 0.506 e. The van der Waals surface area contributed by atoms with Crippen molar-refractivity contribution in [3.05, 3.63) is 130 Å². The maximum Gasteiger partial charge on any atom is 0.411 e. The van der Waals surface area contributed by atoms with Crippen molar-refractivity contribution in [3.63, 3.8) is 0 Å². The lowest BCUT2D eigenvalue weighted by molar-refractivity contribution is -0.288. The van der Waals surface area contributed by atoms with Crippen LogP contribution in [0, 0.1) is 0 Å². The first-order valence-corrected chi connectivity index (χ1v) is 18.0. The van der Waals surface area contributed by atoms with E-state index in [1.807, 2.05) is 5.32 Å². The van der Waals surface area contributed by atoms with E-state index < -0.39 is 122 Å². The summed E-state index contributed by atoms with van der Waals surface area (Å²) in [5, 5.41) is 65.9. The number of phenols is 2. The third kappa shape index (κ3) is 11.6. The number of phenolic OH excluding ortho intramolecular Hbond substituents is 2. The van der Waals surface area contributed by atoms with Gasteiger partial charge in [-0.25, -0.2) is 19.2 Å². The fraction of sp³-hybridized carbons (Fsp3) is 0.122. The highest BCUT2D eigenvalue weighted by Crippen LogP contribution is 2.57. The van der Waals surface area contributed by atoms with Crippen LogP contribution >= 0.6 is 0 Å². The maximum absolute atomic E-state index is 15.0. The number of amides is 4. The average molecular weight is 933 g/mol. The number of carbonyl (C=O) groups is 8. The van der Waals surface area contributed by atoms with Crippen molar-refractivity contribution in [1.29, 1.82) is 0 Å². The van der Waals surface area contributed by atoms with Crippen LogP contribution in [0.3, 0.4) is 0 Å². The van der Waals surface area contributed by atoms with E-state index in [4.69, 9.17) is 14.9 Å². The van der Waals surface area contributed by atoms with Gasteiger partial charge in [0, 0.05) is 37.4 Å². The Kier molecular flexibility index (Phi) is 15.1. The van der Waals surface area contributed by atoms with Gasteiger partial charge in [-0.3, -0.25) is 19.2 Å². The first kappa shape index (κ1) is 49.8. The Bertz CT molecular complexity index is 2680. The molecule has 346 valence electrons. The first-order chi connectivity index (χ1) is 30.8. The highest BCUT2D eigenvalue weighted by molar-refractivity contribution is 6.11. The summed E-state index contributed by atoms with van der Waals surface area (Å²) < 4.78 is 95.7. The third-order valence-electron chi connectivity index (χ3n) is 8.85. The second-order valence-electron chi connectivity index (χ2n) is 13.2. The molecule has 0 bridgehead atoms. The van der Waals surface area contributed by atoms with Gasteiger partial charge in [-0.1, -0.05) is 12.1 Å². The van der Waals surface area contributed by atoms with Gasteiger partial charge in [-0.05, 0) is 71.8 Å². The minimum Gasteiger partial charge on any atom is -0.506 e. The fourth-order valence-corrected chi connectivity index (χ4v) is 5.95. The van der Waals surface area contributed by atoms with Gasteiger partial charge in [0.1, 0.15) is 23.0 Å². The molecule has 10 N–H and O–H groups in total. The van der Waals surface area contributed by atoms with Crippen LogP contribution in [0.25, 0.3) is 0 Å².